The van der Waals surface area contributed by atoms with Crippen molar-refractivity contribution in [2.45, 2.75) is 116 Å². The summed E-state index contributed by atoms with van der Waals surface area (Å²) >= 11 is 0. The van der Waals surface area contributed by atoms with Crippen LogP contribution in [0.3, 0.4) is 0 Å². The summed E-state index contributed by atoms with van der Waals surface area (Å²) in [6.07, 6.45) is 15.0. The van der Waals surface area contributed by atoms with Crippen molar-refractivity contribution in [3.63, 3.8) is 0 Å². The number of allylic oxidation sites excluding steroid dienone is 1. The second-order valence-electron chi connectivity index (χ2n) is 11.5. The van der Waals surface area contributed by atoms with Gasteiger partial charge < -0.3 is 15.5 Å². The van der Waals surface area contributed by atoms with Gasteiger partial charge in [-0.3, -0.25) is 0 Å². The molecule has 7 unspecified atom stereocenters. The number of aliphatic hydroxyl groups is 2. The first-order valence-electron chi connectivity index (χ1n) is 12.6. The minimum absolute atomic E-state index is 0.151. The highest BCUT2D eigenvalue weighted by Crippen LogP contribution is 2.61. The molecule has 0 bridgehead atoms. The van der Waals surface area contributed by atoms with Crippen LogP contribution < -0.4 is 5.32 Å². The van der Waals surface area contributed by atoms with Crippen LogP contribution in [0.1, 0.15) is 97.3 Å². The normalized spacial score (nSPS) is 46.6. The van der Waals surface area contributed by atoms with Crippen LogP contribution in [0.5, 0.6) is 0 Å². The zero-order valence-electron chi connectivity index (χ0n) is 19.0. The molecule has 0 aliphatic heterocycles. The molecule has 29 heavy (non-hydrogen) atoms. The van der Waals surface area contributed by atoms with E-state index in [1.807, 2.05) is 0 Å². The van der Waals surface area contributed by atoms with Crippen molar-refractivity contribution in [1.29, 1.82) is 0 Å². The zero-order chi connectivity index (χ0) is 20.6. The molecule has 3 heteroatoms. The van der Waals surface area contributed by atoms with Crippen molar-refractivity contribution < 1.29 is 10.2 Å². The Kier molecular flexibility index (Phi) is 6.50. The summed E-state index contributed by atoms with van der Waals surface area (Å²) in [6.45, 7) is 10.2. The van der Waals surface area contributed by atoms with E-state index in [-0.39, 0.29) is 23.0 Å². The first-order valence-corrected chi connectivity index (χ1v) is 12.6. The zero-order valence-corrected chi connectivity index (χ0v) is 19.0. The predicted molar refractivity (Wildman–Crippen MR) is 120 cm³/mol. The van der Waals surface area contributed by atoms with Gasteiger partial charge in [-0.1, -0.05) is 45.3 Å². The average Bonchev–Trinajstić information content (AvgIpc) is 3.01. The number of hydrogen-bond acceptors (Lipinski definition) is 3. The van der Waals surface area contributed by atoms with E-state index >= 15 is 0 Å². The molecule has 7 atom stereocenters. The molecule has 0 radical (unpaired) electrons. The van der Waals surface area contributed by atoms with Crippen LogP contribution in [0, 0.1) is 28.6 Å². The second kappa shape index (κ2) is 8.63. The maximum absolute atomic E-state index is 11.5. The van der Waals surface area contributed by atoms with E-state index in [9.17, 15) is 10.2 Å². The number of aliphatic hydroxyl groups excluding tert-OH is 2. The quantitative estimate of drug-likeness (QED) is 0.552. The van der Waals surface area contributed by atoms with Crippen LogP contribution in [0.15, 0.2) is 12.2 Å². The molecule has 4 rings (SSSR count). The minimum atomic E-state index is -0.206. The van der Waals surface area contributed by atoms with Crippen molar-refractivity contribution in [3.8, 4) is 0 Å². The molecule has 166 valence electrons. The monoisotopic (exact) mass is 403 g/mol. The van der Waals surface area contributed by atoms with Gasteiger partial charge in [0.2, 0.25) is 0 Å². The number of fused-ring (bicyclic) bond motifs is 1. The summed E-state index contributed by atoms with van der Waals surface area (Å²) < 4.78 is 0. The smallest absolute Gasteiger partial charge is 0.0610 e. The van der Waals surface area contributed by atoms with E-state index < -0.39 is 0 Å². The van der Waals surface area contributed by atoms with Crippen LogP contribution in [0.4, 0.5) is 0 Å². The molecule has 3 nitrogen and oxygen atoms in total. The molecule has 4 aliphatic carbocycles. The highest BCUT2D eigenvalue weighted by Gasteiger charge is 2.56. The highest BCUT2D eigenvalue weighted by atomic mass is 16.3. The van der Waals surface area contributed by atoms with Crippen molar-refractivity contribution >= 4 is 0 Å². The molecule has 3 N–H and O–H groups in total. The molecule has 0 saturated heterocycles. The third-order valence-corrected chi connectivity index (χ3v) is 10.1. The van der Waals surface area contributed by atoms with E-state index in [1.165, 1.54) is 44.1 Å². The Bertz CT molecular complexity index is 585. The van der Waals surface area contributed by atoms with Gasteiger partial charge in [0.25, 0.3) is 0 Å². The summed E-state index contributed by atoms with van der Waals surface area (Å²) in [5, 5.41) is 25.8. The van der Waals surface area contributed by atoms with Gasteiger partial charge in [-0.05, 0) is 99.3 Å². The van der Waals surface area contributed by atoms with Gasteiger partial charge in [-0.2, -0.15) is 0 Å². The van der Waals surface area contributed by atoms with Gasteiger partial charge in [-0.25, -0.2) is 0 Å². The molecule has 0 aromatic carbocycles. The fourth-order valence-electron chi connectivity index (χ4n) is 7.83. The fraction of sp³-hybridized carbons (Fsp3) is 0.923. The van der Waals surface area contributed by atoms with Gasteiger partial charge in [0.15, 0.2) is 0 Å². The van der Waals surface area contributed by atoms with Gasteiger partial charge in [0, 0.05) is 6.04 Å². The summed E-state index contributed by atoms with van der Waals surface area (Å²) in [7, 11) is 0. The van der Waals surface area contributed by atoms with Gasteiger partial charge in [0.1, 0.15) is 0 Å². The molecule has 0 amide bonds. The molecular formula is C26H45NO2. The van der Waals surface area contributed by atoms with Gasteiger partial charge in [-0.15, -0.1) is 0 Å². The van der Waals surface area contributed by atoms with Crippen molar-refractivity contribution in [2.75, 3.05) is 6.54 Å². The Morgan fingerprint density at radius 1 is 0.966 bits per heavy atom. The number of hydrogen-bond donors (Lipinski definition) is 3. The Morgan fingerprint density at radius 3 is 2.48 bits per heavy atom. The molecule has 4 fully saturated rings. The Labute approximate surface area is 178 Å². The lowest BCUT2D eigenvalue weighted by atomic mass is 9.51. The molecule has 4 aliphatic rings. The van der Waals surface area contributed by atoms with Gasteiger partial charge >= 0.3 is 0 Å². The second-order valence-corrected chi connectivity index (χ2v) is 11.5. The lowest BCUT2D eigenvalue weighted by molar-refractivity contribution is -0.120. The molecule has 0 spiro atoms. The summed E-state index contributed by atoms with van der Waals surface area (Å²) in [6, 6.07) is 0.703. The fourth-order valence-corrected chi connectivity index (χ4v) is 7.83. The lowest BCUT2D eigenvalue weighted by Crippen LogP contribution is -2.53. The van der Waals surface area contributed by atoms with E-state index in [1.54, 1.807) is 0 Å². The maximum Gasteiger partial charge on any atom is 0.0610 e. The van der Waals surface area contributed by atoms with Crippen LogP contribution in [0.2, 0.25) is 0 Å². The van der Waals surface area contributed by atoms with Gasteiger partial charge in [0.05, 0.1) is 12.2 Å². The Morgan fingerprint density at radius 2 is 1.72 bits per heavy atom. The predicted octanol–water partition coefficient (Wildman–Crippen LogP) is 5.21. The van der Waals surface area contributed by atoms with Crippen LogP contribution in [-0.4, -0.2) is 35.0 Å². The topological polar surface area (TPSA) is 52.5 Å². The number of rotatable bonds is 5. The SMILES string of the molecule is C=C1CCC2C(O)C(C3(C)CCC(O)CC3CCNC3CCCCC3)CCC12C. The number of nitrogens with one attached hydrogen (secondary N) is 1. The first kappa shape index (κ1) is 21.8. The summed E-state index contributed by atoms with van der Waals surface area (Å²) in [5.74, 6) is 1.27. The molecule has 0 aromatic heterocycles. The Hall–Kier alpha value is -0.380. The molecule has 0 aromatic rings. The summed E-state index contributed by atoms with van der Waals surface area (Å²) in [4.78, 5) is 0. The third-order valence-electron chi connectivity index (χ3n) is 10.1. The standard InChI is InChI=1S/C26H45NO2/c1-18-9-10-22-24(29)23(12-15-25(18,22)2)26(3)14-11-21(28)17-19(26)13-16-27-20-7-5-4-6-8-20/h19-24,27-29H,1,4-17H2,2-3H3. The van der Waals surface area contributed by atoms with E-state index in [4.69, 9.17) is 0 Å². The lowest BCUT2D eigenvalue weighted by Gasteiger charge is -2.55. The van der Waals surface area contributed by atoms with Crippen molar-refractivity contribution in [1.82, 2.24) is 5.32 Å². The van der Waals surface area contributed by atoms with Crippen molar-refractivity contribution in [3.05, 3.63) is 12.2 Å². The summed E-state index contributed by atoms with van der Waals surface area (Å²) in [5.41, 5.74) is 1.67. The highest BCUT2D eigenvalue weighted by molar-refractivity contribution is 5.21. The van der Waals surface area contributed by atoms with Crippen molar-refractivity contribution in [2.24, 2.45) is 28.6 Å². The Balaban J connectivity index is 1.43. The molecule has 0 heterocycles. The van der Waals surface area contributed by atoms with Crippen LogP contribution in [-0.2, 0) is 0 Å². The minimum Gasteiger partial charge on any atom is -0.393 e. The average molecular weight is 404 g/mol. The van der Waals surface area contributed by atoms with E-state index in [0.29, 0.717) is 23.8 Å². The third kappa shape index (κ3) is 4.08. The first-order chi connectivity index (χ1) is 13.8. The van der Waals surface area contributed by atoms with E-state index in [0.717, 1.165) is 51.5 Å². The van der Waals surface area contributed by atoms with Crippen LogP contribution >= 0.6 is 0 Å². The largest absolute Gasteiger partial charge is 0.393 e. The van der Waals surface area contributed by atoms with E-state index in [2.05, 4.69) is 25.7 Å². The maximum atomic E-state index is 11.5. The van der Waals surface area contributed by atoms with Crippen LogP contribution in [0.25, 0.3) is 0 Å². The molecular weight excluding hydrogens is 358 g/mol. The molecule has 4 saturated carbocycles.